The molecule has 3 aromatic rings. The number of hydrogen-bond acceptors (Lipinski definition) is 6. The van der Waals surface area contributed by atoms with Crippen molar-refractivity contribution in [1.82, 2.24) is 5.01 Å². The number of amidine groups is 2. The van der Waals surface area contributed by atoms with Crippen molar-refractivity contribution in [3.05, 3.63) is 101 Å². The van der Waals surface area contributed by atoms with Crippen LogP contribution in [-0.4, -0.2) is 34.1 Å². The van der Waals surface area contributed by atoms with Gasteiger partial charge in [0.2, 0.25) is 5.17 Å². The lowest BCUT2D eigenvalue weighted by Crippen LogP contribution is -2.35. The van der Waals surface area contributed by atoms with Crippen LogP contribution in [0, 0.1) is 5.41 Å². The van der Waals surface area contributed by atoms with Crippen molar-refractivity contribution in [1.29, 1.82) is 5.41 Å². The number of nitrogens with zero attached hydrogens (tertiary/aromatic N) is 3. The quantitative estimate of drug-likeness (QED) is 0.472. The van der Waals surface area contributed by atoms with Crippen LogP contribution in [0.5, 0.6) is 11.5 Å². The molecule has 0 atom stereocenters. The maximum absolute atomic E-state index is 12.8. The molecule has 2 heterocycles. The fraction of sp³-hybridized carbons (Fsp3) is 0.111. The predicted octanol–water partition coefficient (Wildman–Crippen LogP) is 5.14. The number of aliphatic imine (C=N–C) groups is 1. The van der Waals surface area contributed by atoms with E-state index in [2.05, 4.69) is 10.1 Å². The van der Waals surface area contributed by atoms with E-state index in [-0.39, 0.29) is 11.4 Å². The molecule has 0 aliphatic carbocycles. The van der Waals surface area contributed by atoms with Gasteiger partial charge in [-0.25, -0.2) is 0 Å². The number of thioether (sulfide) groups is 1. The zero-order chi connectivity index (χ0) is 24.2. The van der Waals surface area contributed by atoms with Gasteiger partial charge in [-0.05, 0) is 46.7 Å². The Morgan fingerprint density at radius 3 is 2.40 bits per heavy atom. The number of rotatable bonds is 7. The zero-order valence-corrected chi connectivity index (χ0v) is 19.8. The Bertz CT molecular complexity index is 1370. The van der Waals surface area contributed by atoms with Gasteiger partial charge in [-0.1, -0.05) is 66.7 Å². The summed E-state index contributed by atoms with van der Waals surface area (Å²) < 4.78 is 11.4. The van der Waals surface area contributed by atoms with Crippen LogP contribution in [-0.2, 0) is 17.8 Å². The second kappa shape index (κ2) is 9.99. The Hall–Kier alpha value is -4.17. The molecule has 0 radical (unpaired) electrons. The average Bonchev–Trinajstić information content (AvgIpc) is 3.29. The molecule has 2 aliphatic heterocycles. The SMILES string of the molecule is COc1cc(/C=C2/C(=N)N3N=C(Cc4ccccc4)SC3=NC2=O)ccc1OCc1ccccc1. The fourth-order valence-corrected chi connectivity index (χ4v) is 4.59. The first-order chi connectivity index (χ1) is 17.1. The maximum Gasteiger partial charge on any atom is 0.283 e. The first-order valence-electron chi connectivity index (χ1n) is 11.0. The summed E-state index contributed by atoms with van der Waals surface area (Å²) in [7, 11) is 1.57. The number of benzene rings is 3. The molecule has 174 valence electrons. The summed E-state index contributed by atoms with van der Waals surface area (Å²) in [4.78, 5) is 16.9. The van der Waals surface area contributed by atoms with Gasteiger partial charge in [0.15, 0.2) is 17.3 Å². The standard InChI is InChI=1S/C27H22N4O3S/c1-33-23-15-20(12-13-22(23)34-17-19-10-6-3-7-11-19)14-21-25(28)31-27(29-26(21)32)35-24(30-31)16-18-8-4-2-5-9-18/h2-15,28H,16-17H2,1H3/b21-14-,28-25?. The lowest BCUT2D eigenvalue weighted by atomic mass is 10.1. The van der Waals surface area contributed by atoms with Crippen molar-refractivity contribution in [3.63, 3.8) is 0 Å². The molecule has 1 amide bonds. The number of amides is 1. The highest BCUT2D eigenvalue weighted by Gasteiger charge is 2.35. The van der Waals surface area contributed by atoms with E-state index in [9.17, 15) is 4.79 Å². The summed E-state index contributed by atoms with van der Waals surface area (Å²) in [6.45, 7) is 0.411. The van der Waals surface area contributed by atoms with Crippen LogP contribution >= 0.6 is 11.8 Å². The molecule has 3 aromatic carbocycles. The highest BCUT2D eigenvalue weighted by atomic mass is 32.2. The summed E-state index contributed by atoms with van der Waals surface area (Å²) in [5, 5.41) is 15.8. The van der Waals surface area contributed by atoms with Crippen LogP contribution in [0.25, 0.3) is 6.08 Å². The number of hydrazone groups is 1. The van der Waals surface area contributed by atoms with E-state index in [1.165, 1.54) is 16.8 Å². The van der Waals surface area contributed by atoms with Gasteiger partial charge in [0.25, 0.3) is 5.91 Å². The minimum atomic E-state index is -0.465. The first-order valence-corrected chi connectivity index (χ1v) is 11.8. The van der Waals surface area contributed by atoms with Crippen molar-refractivity contribution in [2.45, 2.75) is 13.0 Å². The monoisotopic (exact) mass is 482 g/mol. The van der Waals surface area contributed by atoms with Gasteiger partial charge in [-0.2, -0.15) is 15.1 Å². The Balaban J connectivity index is 1.34. The van der Waals surface area contributed by atoms with Crippen molar-refractivity contribution in [2.24, 2.45) is 10.1 Å². The number of fused-ring (bicyclic) bond motifs is 1. The number of ether oxygens (including phenoxy) is 2. The van der Waals surface area contributed by atoms with Crippen LogP contribution in [0.2, 0.25) is 0 Å². The van der Waals surface area contributed by atoms with Gasteiger partial charge in [0.1, 0.15) is 11.7 Å². The summed E-state index contributed by atoms with van der Waals surface area (Å²) in [6, 6.07) is 25.2. The molecular weight excluding hydrogens is 460 g/mol. The summed E-state index contributed by atoms with van der Waals surface area (Å²) in [5.41, 5.74) is 3.01. The highest BCUT2D eigenvalue weighted by Crippen LogP contribution is 2.32. The average molecular weight is 483 g/mol. The normalized spacial score (nSPS) is 16.1. The summed E-state index contributed by atoms with van der Waals surface area (Å²) >= 11 is 1.32. The van der Waals surface area contributed by atoms with Crippen molar-refractivity contribution >= 4 is 39.8 Å². The molecule has 0 saturated carbocycles. The third-order valence-corrected chi connectivity index (χ3v) is 6.34. The second-order valence-corrected chi connectivity index (χ2v) is 8.90. The zero-order valence-electron chi connectivity index (χ0n) is 19.0. The van der Waals surface area contributed by atoms with E-state index in [4.69, 9.17) is 14.9 Å². The minimum absolute atomic E-state index is 0.000988. The Morgan fingerprint density at radius 2 is 1.69 bits per heavy atom. The lowest BCUT2D eigenvalue weighted by Gasteiger charge is -2.20. The van der Waals surface area contributed by atoms with Crippen LogP contribution < -0.4 is 9.47 Å². The second-order valence-electron chi connectivity index (χ2n) is 7.86. The van der Waals surface area contributed by atoms with Gasteiger partial charge in [-0.3, -0.25) is 10.2 Å². The first kappa shape index (κ1) is 22.6. The van der Waals surface area contributed by atoms with Crippen LogP contribution in [0.15, 0.2) is 94.5 Å². The molecule has 8 heteroatoms. The number of hydrogen-bond donors (Lipinski definition) is 1. The van der Waals surface area contributed by atoms with E-state index < -0.39 is 5.91 Å². The van der Waals surface area contributed by atoms with Gasteiger partial charge in [0, 0.05) is 6.42 Å². The third kappa shape index (κ3) is 5.02. The van der Waals surface area contributed by atoms with Crippen molar-refractivity contribution in [3.8, 4) is 11.5 Å². The topological polar surface area (TPSA) is 87.3 Å². The maximum atomic E-state index is 12.8. The number of carbonyl (C=O) groups is 1. The fourth-order valence-electron chi connectivity index (χ4n) is 3.67. The predicted molar refractivity (Wildman–Crippen MR) is 139 cm³/mol. The summed E-state index contributed by atoms with van der Waals surface area (Å²) in [5.74, 6) is 0.663. The molecule has 0 fully saturated rings. The molecule has 5 rings (SSSR count). The molecule has 2 aliphatic rings. The van der Waals surface area contributed by atoms with Crippen molar-refractivity contribution in [2.75, 3.05) is 7.11 Å². The summed E-state index contributed by atoms with van der Waals surface area (Å²) in [6.07, 6.45) is 2.24. The van der Waals surface area contributed by atoms with E-state index in [0.717, 1.165) is 16.2 Å². The van der Waals surface area contributed by atoms with E-state index >= 15 is 0 Å². The largest absolute Gasteiger partial charge is 0.493 e. The van der Waals surface area contributed by atoms with Gasteiger partial charge in [-0.15, -0.1) is 0 Å². The molecular formula is C27H22N4O3S. The van der Waals surface area contributed by atoms with E-state index in [1.54, 1.807) is 25.3 Å². The Kier molecular flexibility index (Phi) is 6.45. The van der Waals surface area contributed by atoms with Gasteiger partial charge in [0.05, 0.1) is 12.7 Å². The molecule has 0 unspecified atom stereocenters. The number of carbonyl (C=O) groups excluding carboxylic acids is 1. The molecule has 1 N–H and O–H groups in total. The highest BCUT2D eigenvalue weighted by molar-refractivity contribution is 8.26. The Morgan fingerprint density at radius 1 is 0.971 bits per heavy atom. The van der Waals surface area contributed by atoms with E-state index in [0.29, 0.717) is 35.3 Å². The number of nitrogens with one attached hydrogen (secondary N) is 1. The van der Waals surface area contributed by atoms with Gasteiger partial charge >= 0.3 is 0 Å². The van der Waals surface area contributed by atoms with E-state index in [1.807, 2.05) is 66.7 Å². The smallest absolute Gasteiger partial charge is 0.283 e. The Labute approximate surface area is 207 Å². The van der Waals surface area contributed by atoms with Gasteiger partial charge < -0.3 is 9.47 Å². The third-order valence-electron chi connectivity index (χ3n) is 5.43. The molecule has 0 spiro atoms. The number of methoxy groups -OCH3 is 1. The molecule has 7 nitrogen and oxygen atoms in total. The molecule has 0 saturated heterocycles. The molecule has 35 heavy (non-hydrogen) atoms. The molecule has 0 aromatic heterocycles. The van der Waals surface area contributed by atoms with Crippen LogP contribution in [0.1, 0.15) is 16.7 Å². The lowest BCUT2D eigenvalue weighted by molar-refractivity contribution is -0.114. The van der Waals surface area contributed by atoms with Crippen LogP contribution in [0.3, 0.4) is 0 Å². The molecule has 0 bridgehead atoms. The van der Waals surface area contributed by atoms with Crippen molar-refractivity contribution < 1.29 is 14.3 Å². The minimum Gasteiger partial charge on any atom is -0.493 e. The van der Waals surface area contributed by atoms with Crippen LogP contribution in [0.4, 0.5) is 0 Å².